The second-order valence-electron chi connectivity index (χ2n) is 5.43. The van der Waals surface area contributed by atoms with E-state index in [1.54, 1.807) is 12.1 Å². The number of amides is 1. The normalized spacial score (nSPS) is 10.4. The Labute approximate surface area is 133 Å². The number of aryl methyl sites for hydroxylation is 2. The van der Waals surface area contributed by atoms with Crippen molar-refractivity contribution in [2.24, 2.45) is 0 Å². The first-order chi connectivity index (χ1) is 10.8. The largest absolute Gasteiger partial charge is 0.326 e. The molecule has 0 aliphatic carbocycles. The topological polar surface area (TPSA) is 46.2 Å². The Morgan fingerprint density at radius 3 is 2.17 bits per heavy atom. The van der Waals surface area contributed by atoms with Crippen LogP contribution >= 0.6 is 0 Å². The molecule has 120 valence electrons. The summed E-state index contributed by atoms with van der Waals surface area (Å²) in [5, 5.41) is 2.38. The molecule has 0 spiro atoms. The Balaban J connectivity index is 1.93. The molecule has 0 saturated carbocycles. The van der Waals surface area contributed by atoms with Crippen LogP contribution in [0.3, 0.4) is 0 Å². The monoisotopic (exact) mass is 317 g/mol. The third kappa shape index (κ3) is 4.71. The van der Waals surface area contributed by atoms with Gasteiger partial charge in [0.1, 0.15) is 11.6 Å². The molecule has 0 radical (unpaired) electrons. The van der Waals surface area contributed by atoms with Gasteiger partial charge in [-0.1, -0.05) is 12.1 Å². The summed E-state index contributed by atoms with van der Waals surface area (Å²) >= 11 is 0. The van der Waals surface area contributed by atoms with E-state index in [0.29, 0.717) is 5.56 Å². The lowest BCUT2D eigenvalue weighted by atomic mass is 10.0. The second-order valence-corrected chi connectivity index (χ2v) is 5.43. The quantitative estimate of drug-likeness (QED) is 0.841. The van der Waals surface area contributed by atoms with E-state index in [0.717, 1.165) is 29.3 Å². The molecule has 0 heterocycles. The highest BCUT2D eigenvalue weighted by Crippen LogP contribution is 2.15. The minimum atomic E-state index is -0.772. The van der Waals surface area contributed by atoms with E-state index >= 15 is 0 Å². The number of carbonyl (C=O) groups is 2. The molecule has 0 aliphatic rings. The molecular weight excluding hydrogens is 300 g/mol. The van der Waals surface area contributed by atoms with Crippen LogP contribution in [0.4, 0.5) is 14.5 Å². The predicted octanol–water partition coefficient (Wildman–Crippen LogP) is 4.18. The molecular formula is C18H17F2NO2. The molecule has 0 bridgehead atoms. The van der Waals surface area contributed by atoms with Crippen molar-refractivity contribution in [2.45, 2.75) is 26.7 Å². The van der Waals surface area contributed by atoms with E-state index < -0.39 is 17.5 Å². The average Bonchev–Trinajstić information content (AvgIpc) is 2.46. The maximum absolute atomic E-state index is 13.0. The molecule has 5 heteroatoms. The molecule has 1 N–H and O–H groups in total. The number of benzene rings is 2. The Hall–Kier alpha value is -2.56. The Kier molecular flexibility index (Phi) is 5.21. The number of Topliss-reactive ketones (excluding diaryl/α,β-unsaturated/α-hetero) is 1. The summed E-state index contributed by atoms with van der Waals surface area (Å²) in [7, 11) is 0. The fourth-order valence-electron chi connectivity index (χ4n) is 2.14. The van der Waals surface area contributed by atoms with Crippen LogP contribution in [0, 0.1) is 25.5 Å². The van der Waals surface area contributed by atoms with Crippen LogP contribution in [0.15, 0.2) is 36.4 Å². The maximum atomic E-state index is 13.0. The van der Waals surface area contributed by atoms with E-state index in [1.165, 1.54) is 0 Å². The van der Waals surface area contributed by atoms with Crippen LogP contribution in [0.2, 0.25) is 0 Å². The zero-order valence-electron chi connectivity index (χ0n) is 13.0. The fourth-order valence-corrected chi connectivity index (χ4v) is 2.14. The van der Waals surface area contributed by atoms with Crippen molar-refractivity contribution in [1.29, 1.82) is 0 Å². The van der Waals surface area contributed by atoms with Gasteiger partial charge >= 0.3 is 0 Å². The van der Waals surface area contributed by atoms with Crippen molar-refractivity contribution in [3.05, 3.63) is 64.7 Å². The first kappa shape index (κ1) is 16.8. The first-order valence-electron chi connectivity index (χ1n) is 7.21. The summed E-state index contributed by atoms with van der Waals surface area (Å²) < 4.78 is 26.1. The van der Waals surface area contributed by atoms with Crippen molar-refractivity contribution in [3.8, 4) is 0 Å². The van der Waals surface area contributed by atoms with Crippen molar-refractivity contribution >= 4 is 17.4 Å². The van der Waals surface area contributed by atoms with Crippen LogP contribution in [0.25, 0.3) is 0 Å². The van der Waals surface area contributed by atoms with Gasteiger partial charge in [-0.25, -0.2) is 8.78 Å². The first-order valence-corrected chi connectivity index (χ1v) is 7.21. The number of anilines is 1. The average molecular weight is 317 g/mol. The Morgan fingerprint density at radius 2 is 1.57 bits per heavy atom. The van der Waals surface area contributed by atoms with E-state index in [9.17, 15) is 18.4 Å². The minimum Gasteiger partial charge on any atom is -0.326 e. The molecule has 0 atom stereocenters. The van der Waals surface area contributed by atoms with Gasteiger partial charge in [-0.05, 0) is 43.2 Å². The summed E-state index contributed by atoms with van der Waals surface area (Å²) in [6.45, 7) is 3.87. The van der Waals surface area contributed by atoms with Crippen LogP contribution in [-0.4, -0.2) is 11.7 Å². The van der Waals surface area contributed by atoms with Gasteiger partial charge in [-0.2, -0.15) is 0 Å². The second kappa shape index (κ2) is 7.13. The van der Waals surface area contributed by atoms with Crippen molar-refractivity contribution < 1.29 is 18.4 Å². The van der Waals surface area contributed by atoms with Crippen LogP contribution in [0.1, 0.15) is 34.3 Å². The number of ketones is 1. The van der Waals surface area contributed by atoms with E-state index in [4.69, 9.17) is 0 Å². The van der Waals surface area contributed by atoms with Gasteiger partial charge in [-0.15, -0.1) is 0 Å². The number of hydrogen-bond donors (Lipinski definition) is 1. The van der Waals surface area contributed by atoms with E-state index in [-0.39, 0.29) is 24.3 Å². The molecule has 3 nitrogen and oxygen atoms in total. The SMILES string of the molecule is Cc1ccc(C(=O)CCC(=O)Nc2cc(F)cc(F)c2)cc1C. The predicted molar refractivity (Wildman–Crippen MR) is 84.5 cm³/mol. The smallest absolute Gasteiger partial charge is 0.224 e. The Morgan fingerprint density at radius 1 is 0.913 bits per heavy atom. The van der Waals surface area contributed by atoms with E-state index in [2.05, 4.69) is 5.32 Å². The number of hydrogen-bond acceptors (Lipinski definition) is 2. The highest BCUT2D eigenvalue weighted by atomic mass is 19.1. The number of carbonyl (C=O) groups excluding carboxylic acids is 2. The summed E-state index contributed by atoms with van der Waals surface area (Å²) in [6, 6.07) is 8.14. The third-order valence-corrected chi connectivity index (χ3v) is 3.55. The van der Waals surface area contributed by atoms with Crippen molar-refractivity contribution in [3.63, 3.8) is 0 Å². The van der Waals surface area contributed by atoms with Gasteiger partial charge in [-0.3, -0.25) is 9.59 Å². The lowest BCUT2D eigenvalue weighted by Gasteiger charge is -2.07. The van der Waals surface area contributed by atoms with Gasteiger partial charge in [0, 0.05) is 30.2 Å². The molecule has 0 aliphatic heterocycles. The number of nitrogens with one attached hydrogen (secondary N) is 1. The van der Waals surface area contributed by atoms with E-state index in [1.807, 2.05) is 19.9 Å². The molecule has 2 aromatic carbocycles. The molecule has 23 heavy (non-hydrogen) atoms. The lowest BCUT2D eigenvalue weighted by Crippen LogP contribution is -2.14. The van der Waals surface area contributed by atoms with Gasteiger partial charge in [0.2, 0.25) is 5.91 Å². The molecule has 2 rings (SSSR count). The number of rotatable bonds is 5. The van der Waals surface area contributed by atoms with Gasteiger partial charge in [0.05, 0.1) is 0 Å². The zero-order chi connectivity index (χ0) is 17.0. The lowest BCUT2D eigenvalue weighted by molar-refractivity contribution is -0.116. The van der Waals surface area contributed by atoms with Crippen molar-refractivity contribution in [2.75, 3.05) is 5.32 Å². The molecule has 0 fully saturated rings. The summed E-state index contributed by atoms with van der Waals surface area (Å²) in [5.41, 5.74) is 2.69. The van der Waals surface area contributed by atoms with Gasteiger partial charge in [0.15, 0.2) is 5.78 Å². The molecule has 0 unspecified atom stereocenters. The molecule has 0 saturated heterocycles. The van der Waals surface area contributed by atoms with Crippen LogP contribution < -0.4 is 5.32 Å². The number of halogens is 2. The summed E-state index contributed by atoms with van der Waals surface area (Å²) in [5.74, 6) is -2.15. The van der Waals surface area contributed by atoms with Crippen LogP contribution in [-0.2, 0) is 4.79 Å². The fraction of sp³-hybridized carbons (Fsp3) is 0.222. The van der Waals surface area contributed by atoms with Crippen molar-refractivity contribution in [1.82, 2.24) is 0 Å². The standard InChI is InChI=1S/C18H17F2NO2/c1-11-3-4-13(7-12(11)2)17(22)5-6-18(23)21-16-9-14(19)8-15(20)10-16/h3-4,7-10H,5-6H2,1-2H3,(H,21,23). The van der Waals surface area contributed by atoms with Gasteiger partial charge in [0.25, 0.3) is 0 Å². The summed E-state index contributed by atoms with van der Waals surface area (Å²) in [4.78, 5) is 23.9. The Bertz CT molecular complexity index is 736. The van der Waals surface area contributed by atoms with Gasteiger partial charge < -0.3 is 5.32 Å². The highest BCUT2D eigenvalue weighted by Gasteiger charge is 2.11. The van der Waals surface area contributed by atoms with Crippen LogP contribution in [0.5, 0.6) is 0 Å². The molecule has 1 amide bonds. The highest BCUT2D eigenvalue weighted by molar-refractivity contribution is 6.00. The maximum Gasteiger partial charge on any atom is 0.224 e. The minimum absolute atomic E-state index is 0.0335. The molecule has 2 aromatic rings. The summed E-state index contributed by atoms with van der Waals surface area (Å²) in [6.07, 6.45) is -0.0178. The molecule has 0 aromatic heterocycles. The zero-order valence-corrected chi connectivity index (χ0v) is 13.0. The third-order valence-electron chi connectivity index (χ3n) is 3.55.